The molecule has 3 aliphatic rings. The van der Waals surface area contributed by atoms with Gasteiger partial charge in [0.05, 0.1) is 12.7 Å². The van der Waals surface area contributed by atoms with Crippen LogP contribution in [0.4, 0.5) is 13.2 Å². The molecule has 0 aromatic heterocycles. The second-order valence-corrected chi connectivity index (χ2v) is 9.08. The molecule has 0 radical (unpaired) electrons. The lowest BCUT2D eigenvalue weighted by atomic mass is 9.68. The van der Waals surface area contributed by atoms with Crippen molar-refractivity contribution in [2.75, 3.05) is 6.61 Å². The van der Waals surface area contributed by atoms with Crippen molar-refractivity contribution < 1.29 is 17.9 Å². The molecule has 1 heterocycles. The van der Waals surface area contributed by atoms with Gasteiger partial charge in [-0.05, 0) is 86.3 Å². The first-order valence-electron chi connectivity index (χ1n) is 10.9. The average molecular weight is 380 g/mol. The highest BCUT2D eigenvalue weighted by Crippen LogP contribution is 2.44. The Balaban J connectivity index is 1.21. The molecule has 3 fully saturated rings. The number of hydrogen-bond donors (Lipinski definition) is 0. The Kier molecular flexibility index (Phi) is 6.11. The Morgan fingerprint density at radius 1 is 0.778 bits per heavy atom. The van der Waals surface area contributed by atoms with E-state index in [0.717, 1.165) is 50.0 Å². The molecule has 150 valence electrons. The summed E-state index contributed by atoms with van der Waals surface area (Å²) in [6.45, 7) is 0.979. The minimum atomic E-state index is -1.35. The first-order valence-corrected chi connectivity index (χ1v) is 10.9. The summed E-state index contributed by atoms with van der Waals surface area (Å²) in [6.07, 6.45) is 14.1. The van der Waals surface area contributed by atoms with Crippen molar-refractivity contribution in [2.24, 2.45) is 17.8 Å². The van der Waals surface area contributed by atoms with Crippen LogP contribution in [0.3, 0.4) is 0 Å². The van der Waals surface area contributed by atoms with E-state index in [4.69, 9.17) is 4.74 Å². The van der Waals surface area contributed by atoms with Gasteiger partial charge in [0.25, 0.3) is 0 Å². The molecule has 2 aliphatic carbocycles. The van der Waals surface area contributed by atoms with Crippen LogP contribution in [0.1, 0.15) is 82.1 Å². The largest absolute Gasteiger partial charge is 0.373 e. The van der Waals surface area contributed by atoms with Crippen molar-refractivity contribution in [1.82, 2.24) is 0 Å². The van der Waals surface area contributed by atoms with Gasteiger partial charge < -0.3 is 4.74 Å². The molecule has 4 heteroatoms. The average Bonchev–Trinajstić information content (AvgIpc) is 3.51. The predicted octanol–water partition coefficient (Wildman–Crippen LogP) is 6.75. The van der Waals surface area contributed by atoms with E-state index in [1.807, 2.05) is 0 Å². The fraction of sp³-hybridized carbons (Fsp3) is 0.739. The van der Waals surface area contributed by atoms with Gasteiger partial charge in [-0.3, -0.25) is 0 Å². The second-order valence-electron chi connectivity index (χ2n) is 9.08. The Labute approximate surface area is 160 Å². The summed E-state index contributed by atoms with van der Waals surface area (Å²) < 4.78 is 45.5. The summed E-state index contributed by atoms with van der Waals surface area (Å²) in [6, 6.07) is 2.39. The van der Waals surface area contributed by atoms with Gasteiger partial charge in [-0.1, -0.05) is 25.7 Å². The third-order valence-corrected chi connectivity index (χ3v) is 7.35. The zero-order valence-electron chi connectivity index (χ0n) is 16.1. The second kappa shape index (κ2) is 8.55. The van der Waals surface area contributed by atoms with Gasteiger partial charge >= 0.3 is 0 Å². The molecule has 1 aromatic rings. The fourth-order valence-corrected chi connectivity index (χ4v) is 5.55. The maximum absolute atomic E-state index is 13.5. The number of epoxide rings is 1. The molecule has 1 aliphatic heterocycles. The van der Waals surface area contributed by atoms with Crippen LogP contribution in [-0.4, -0.2) is 12.7 Å². The number of ether oxygens (including phenoxy) is 1. The summed E-state index contributed by atoms with van der Waals surface area (Å²) in [4.78, 5) is 0. The third-order valence-electron chi connectivity index (χ3n) is 7.35. The zero-order chi connectivity index (χ0) is 18.8. The standard InChI is InChI=1S/C23H31F3O/c24-21-12-19(13-22(25)23(21)26)18-10-8-17(9-11-18)16-6-4-15(5-7-16)2-1-3-20-14-27-20/h12-13,15-18,20H,1-11,14H2. The van der Waals surface area contributed by atoms with E-state index < -0.39 is 17.5 Å². The number of rotatable bonds is 6. The van der Waals surface area contributed by atoms with Crippen LogP contribution in [0, 0.1) is 35.2 Å². The van der Waals surface area contributed by atoms with E-state index in [-0.39, 0.29) is 5.92 Å². The van der Waals surface area contributed by atoms with E-state index in [0.29, 0.717) is 11.7 Å². The van der Waals surface area contributed by atoms with Crippen LogP contribution in [-0.2, 0) is 4.74 Å². The Morgan fingerprint density at radius 3 is 1.89 bits per heavy atom. The number of benzene rings is 1. The van der Waals surface area contributed by atoms with Gasteiger partial charge in [-0.15, -0.1) is 0 Å². The van der Waals surface area contributed by atoms with Gasteiger partial charge in [0.15, 0.2) is 17.5 Å². The molecule has 1 nitrogen and oxygen atoms in total. The summed E-state index contributed by atoms with van der Waals surface area (Å²) in [5, 5.41) is 0. The van der Waals surface area contributed by atoms with E-state index in [2.05, 4.69) is 0 Å². The molecule has 1 saturated heterocycles. The highest BCUT2D eigenvalue weighted by atomic mass is 19.2. The summed E-state index contributed by atoms with van der Waals surface area (Å²) >= 11 is 0. The number of hydrogen-bond acceptors (Lipinski definition) is 1. The molecule has 2 saturated carbocycles. The topological polar surface area (TPSA) is 12.5 Å². The monoisotopic (exact) mass is 380 g/mol. The van der Waals surface area contributed by atoms with Gasteiger partial charge in [0.2, 0.25) is 0 Å². The first-order chi connectivity index (χ1) is 13.1. The molecule has 27 heavy (non-hydrogen) atoms. The van der Waals surface area contributed by atoms with Crippen LogP contribution < -0.4 is 0 Å². The van der Waals surface area contributed by atoms with Crippen molar-refractivity contribution in [1.29, 1.82) is 0 Å². The lowest BCUT2D eigenvalue weighted by Gasteiger charge is -2.38. The van der Waals surface area contributed by atoms with Crippen LogP contribution in [0.5, 0.6) is 0 Å². The Hall–Kier alpha value is -1.03. The van der Waals surface area contributed by atoms with Crippen LogP contribution in [0.25, 0.3) is 0 Å². The molecule has 1 aromatic carbocycles. The SMILES string of the molecule is Fc1cc(C2CCC(C3CCC(CCCC4CO4)CC3)CC2)cc(F)c1F. The molecule has 0 spiro atoms. The molecule has 0 bridgehead atoms. The maximum Gasteiger partial charge on any atom is 0.194 e. The molecule has 0 N–H and O–H groups in total. The minimum Gasteiger partial charge on any atom is -0.373 e. The minimum absolute atomic E-state index is 0.173. The molecule has 4 rings (SSSR count). The van der Waals surface area contributed by atoms with Gasteiger partial charge in [0.1, 0.15) is 0 Å². The Bertz CT molecular complexity index is 604. The van der Waals surface area contributed by atoms with Crippen molar-refractivity contribution in [3.8, 4) is 0 Å². The summed E-state index contributed by atoms with van der Waals surface area (Å²) in [7, 11) is 0. The lowest BCUT2D eigenvalue weighted by Crippen LogP contribution is -2.25. The zero-order valence-corrected chi connectivity index (χ0v) is 16.1. The molecular weight excluding hydrogens is 349 g/mol. The first kappa shape index (κ1) is 19.3. The Morgan fingerprint density at radius 2 is 1.33 bits per heavy atom. The molecule has 1 atom stereocenters. The predicted molar refractivity (Wildman–Crippen MR) is 100 cm³/mol. The fourth-order valence-electron chi connectivity index (χ4n) is 5.55. The third kappa shape index (κ3) is 4.88. The molecular formula is C23H31F3O. The van der Waals surface area contributed by atoms with Crippen LogP contribution in [0.15, 0.2) is 12.1 Å². The van der Waals surface area contributed by atoms with Crippen molar-refractivity contribution in [2.45, 2.75) is 82.7 Å². The lowest BCUT2D eigenvalue weighted by molar-refractivity contribution is 0.155. The van der Waals surface area contributed by atoms with Crippen molar-refractivity contribution in [3.05, 3.63) is 35.1 Å². The molecule has 1 unspecified atom stereocenters. The van der Waals surface area contributed by atoms with Gasteiger partial charge in [-0.2, -0.15) is 0 Å². The van der Waals surface area contributed by atoms with Crippen LogP contribution >= 0.6 is 0 Å². The highest BCUT2D eigenvalue weighted by Gasteiger charge is 2.32. The normalized spacial score (nSPS) is 33.8. The summed E-state index contributed by atoms with van der Waals surface area (Å²) in [5.74, 6) is -0.799. The van der Waals surface area contributed by atoms with Gasteiger partial charge in [-0.25, -0.2) is 13.2 Å². The van der Waals surface area contributed by atoms with E-state index in [1.165, 1.54) is 57.1 Å². The van der Waals surface area contributed by atoms with Gasteiger partial charge in [0, 0.05) is 0 Å². The molecule has 0 amide bonds. The quantitative estimate of drug-likeness (QED) is 0.393. The van der Waals surface area contributed by atoms with Crippen molar-refractivity contribution in [3.63, 3.8) is 0 Å². The van der Waals surface area contributed by atoms with E-state index in [9.17, 15) is 13.2 Å². The van der Waals surface area contributed by atoms with E-state index in [1.54, 1.807) is 0 Å². The summed E-state index contributed by atoms with van der Waals surface area (Å²) in [5.41, 5.74) is 0.633. The van der Waals surface area contributed by atoms with Crippen LogP contribution in [0.2, 0.25) is 0 Å². The highest BCUT2D eigenvalue weighted by molar-refractivity contribution is 5.23. The van der Waals surface area contributed by atoms with Crippen molar-refractivity contribution >= 4 is 0 Å². The number of halogens is 3. The smallest absolute Gasteiger partial charge is 0.194 e. The maximum atomic E-state index is 13.5. The van der Waals surface area contributed by atoms with E-state index >= 15 is 0 Å².